The molecular weight excluding hydrogens is 397 g/mol. The van der Waals surface area contributed by atoms with Crippen LogP contribution in [0.4, 0.5) is 0 Å². The molecule has 0 aromatic heterocycles. The van der Waals surface area contributed by atoms with Crippen LogP contribution in [0.15, 0.2) is 47.4 Å². The fourth-order valence-electron chi connectivity index (χ4n) is 1.81. The molecule has 2 aromatic rings. The van der Waals surface area contributed by atoms with Crippen molar-refractivity contribution in [1.29, 1.82) is 0 Å². The van der Waals surface area contributed by atoms with Gasteiger partial charge in [0.05, 0.1) is 14.9 Å². The summed E-state index contributed by atoms with van der Waals surface area (Å²) < 4.78 is 30.6. The summed E-state index contributed by atoms with van der Waals surface area (Å²) in [6, 6.07) is 10.5. The number of esters is 1. The van der Waals surface area contributed by atoms with E-state index in [0.29, 0.717) is 0 Å². The van der Waals surface area contributed by atoms with E-state index in [0.717, 1.165) is 4.31 Å². The number of likely N-dealkylation sites (N-methyl/N-ethyl adjacent to an activating group) is 1. The van der Waals surface area contributed by atoms with E-state index in [1.165, 1.54) is 31.3 Å². The Morgan fingerprint density at radius 1 is 1.08 bits per heavy atom. The molecule has 0 saturated carbocycles. The van der Waals surface area contributed by atoms with Crippen molar-refractivity contribution < 1.29 is 17.9 Å². The number of hydrogen-bond donors (Lipinski definition) is 0. The maximum Gasteiger partial charge on any atom is 0.326 e. The first kappa shape index (κ1) is 19.0. The van der Waals surface area contributed by atoms with Gasteiger partial charge in [0.25, 0.3) is 0 Å². The van der Waals surface area contributed by atoms with Crippen LogP contribution in [0.3, 0.4) is 0 Å². The number of ether oxygens (including phenoxy) is 1. The standard InChI is InChI=1S/C15H12Cl3NO4S/c1-19(24(21,22)11-5-3-2-4-6-11)9-14(20)23-15-12(17)7-10(16)8-13(15)18/h2-8H,9H2,1H3. The van der Waals surface area contributed by atoms with Crippen molar-refractivity contribution >= 4 is 50.8 Å². The molecule has 0 fully saturated rings. The highest BCUT2D eigenvalue weighted by Crippen LogP contribution is 2.35. The third-order valence-corrected chi connectivity index (χ3v) is 5.58. The molecule has 0 radical (unpaired) electrons. The largest absolute Gasteiger partial charge is 0.422 e. The minimum Gasteiger partial charge on any atom is -0.422 e. The highest BCUT2D eigenvalue weighted by atomic mass is 35.5. The Labute approximate surface area is 154 Å². The first-order valence-electron chi connectivity index (χ1n) is 6.58. The van der Waals surface area contributed by atoms with Crippen molar-refractivity contribution in [3.63, 3.8) is 0 Å². The first-order chi connectivity index (χ1) is 11.2. The Kier molecular flexibility index (Phi) is 6.11. The van der Waals surface area contributed by atoms with Crippen LogP contribution in [0.2, 0.25) is 15.1 Å². The van der Waals surface area contributed by atoms with Gasteiger partial charge >= 0.3 is 5.97 Å². The molecule has 0 atom stereocenters. The molecule has 128 valence electrons. The quantitative estimate of drug-likeness (QED) is 0.556. The molecule has 0 spiro atoms. The molecule has 2 rings (SSSR count). The maximum absolute atomic E-state index is 12.3. The molecule has 0 aliphatic heterocycles. The molecule has 0 unspecified atom stereocenters. The van der Waals surface area contributed by atoms with Gasteiger partial charge < -0.3 is 4.74 Å². The van der Waals surface area contributed by atoms with Crippen molar-refractivity contribution in [3.8, 4) is 5.75 Å². The predicted molar refractivity (Wildman–Crippen MR) is 93.4 cm³/mol. The molecule has 5 nitrogen and oxygen atoms in total. The lowest BCUT2D eigenvalue weighted by atomic mass is 10.3. The zero-order valence-electron chi connectivity index (χ0n) is 12.4. The van der Waals surface area contributed by atoms with Gasteiger partial charge in [-0.3, -0.25) is 4.79 Å². The maximum atomic E-state index is 12.3. The summed E-state index contributed by atoms with van der Waals surface area (Å²) in [5.74, 6) is -0.902. The number of sulfonamides is 1. The lowest BCUT2D eigenvalue weighted by molar-refractivity contribution is -0.134. The smallest absolute Gasteiger partial charge is 0.326 e. The molecule has 0 N–H and O–H groups in total. The van der Waals surface area contributed by atoms with E-state index >= 15 is 0 Å². The SMILES string of the molecule is CN(CC(=O)Oc1c(Cl)cc(Cl)cc1Cl)S(=O)(=O)c1ccccc1. The Morgan fingerprint density at radius 2 is 1.62 bits per heavy atom. The van der Waals surface area contributed by atoms with Crippen LogP contribution in [-0.4, -0.2) is 32.3 Å². The van der Waals surface area contributed by atoms with Crippen molar-refractivity contribution in [2.75, 3.05) is 13.6 Å². The van der Waals surface area contributed by atoms with Gasteiger partial charge in [0.15, 0.2) is 5.75 Å². The zero-order valence-corrected chi connectivity index (χ0v) is 15.5. The van der Waals surface area contributed by atoms with Crippen LogP contribution < -0.4 is 4.74 Å². The van der Waals surface area contributed by atoms with Gasteiger partial charge in [0.1, 0.15) is 6.54 Å². The van der Waals surface area contributed by atoms with E-state index < -0.39 is 22.5 Å². The lowest BCUT2D eigenvalue weighted by Crippen LogP contribution is -2.34. The monoisotopic (exact) mass is 407 g/mol. The van der Waals surface area contributed by atoms with Crippen molar-refractivity contribution in [2.45, 2.75) is 4.90 Å². The predicted octanol–water partition coefficient (Wildman–Crippen LogP) is 3.87. The van der Waals surface area contributed by atoms with Gasteiger partial charge in [-0.1, -0.05) is 53.0 Å². The number of nitrogens with zero attached hydrogens (tertiary/aromatic N) is 1. The van der Waals surface area contributed by atoms with Crippen LogP contribution in [0.25, 0.3) is 0 Å². The third kappa shape index (κ3) is 4.40. The molecule has 24 heavy (non-hydrogen) atoms. The fourth-order valence-corrected chi connectivity index (χ4v) is 3.84. The van der Waals surface area contributed by atoms with Gasteiger partial charge in [-0.15, -0.1) is 0 Å². The summed E-state index contributed by atoms with van der Waals surface area (Å²) in [5, 5.41) is 0.386. The minimum atomic E-state index is -3.81. The van der Waals surface area contributed by atoms with Crippen molar-refractivity contribution in [2.24, 2.45) is 0 Å². The second-order valence-electron chi connectivity index (χ2n) is 4.75. The summed E-state index contributed by atoms with van der Waals surface area (Å²) in [5.41, 5.74) is 0. The van der Waals surface area contributed by atoms with Crippen LogP contribution in [0.1, 0.15) is 0 Å². The molecular formula is C15H12Cl3NO4S. The molecule has 9 heteroatoms. The highest BCUT2D eigenvalue weighted by Gasteiger charge is 2.24. The Morgan fingerprint density at radius 3 is 2.17 bits per heavy atom. The fraction of sp³-hybridized carbons (Fsp3) is 0.133. The van der Waals surface area contributed by atoms with Gasteiger partial charge in [0, 0.05) is 12.1 Å². The Bertz CT molecular complexity index is 833. The zero-order chi connectivity index (χ0) is 17.9. The van der Waals surface area contributed by atoms with Crippen LogP contribution in [0, 0.1) is 0 Å². The molecule has 0 aliphatic carbocycles. The average Bonchev–Trinajstić information content (AvgIpc) is 2.51. The number of halogens is 3. The van der Waals surface area contributed by atoms with Gasteiger partial charge in [-0.05, 0) is 24.3 Å². The van der Waals surface area contributed by atoms with E-state index in [1.807, 2.05) is 0 Å². The summed E-state index contributed by atoms with van der Waals surface area (Å²) in [6.45, 7) is -0.507. The van der Waals surface area contributed by atoms with Crippen LogP contribution in [0.5, 0.6) is 5.75 Å². The normalized spacial score (nSPS) is 11.5. The minimum absolute atomic E-state index is 0.0504. The van der Waals surface area contributed by atoms with Crippen molar-refractivity contribution in [3.05, 3.63) is 57.5 Å². The highest BCUT2D eigenvalue weighted by molar-refractivity contribution is 7.89. The van der Waals surface area contributed by atoms with E-state index in [-0.39, 0.29) is 25.7 Å². The topological polar surface area (TPSA) is 63.7 Å². The van der Waals surface area contributed by atoms with Crippen LogP contribution >= 0.6 is 34.8 Å². The lowest BCUT2D eigenvalue weighted by Gasteiger charge is -2.17. The van der Waals surface area contributed by atoms with Gasteiger partial charge in [-0.25, -0.2) is 8.42 Å². The summed E-state index contributed by atoms with van der Waals surface area (Å²) in [4.78, 5) is 12.1. The van der Waals surface area contributed by atoms with E-state index in [9.17, 15) is 13.2 Å². The summed E-state index contributed by atoms with van der Waals surface area (Å²) in [6.07, 6.45) is 0. The molecule has 0 aliphatic rings. The van der Waals surface area contributed by atoms with E-state index in [4.69, 9.17) is 39.5 Å². The number of rotatable bonds is 5. The number of carbonyl (C=O) groups is 1. The molecule has 2 aromatic carbocycles. The summed E-state index contributed by atoms with van der Waals surface area (Å²) in [7, 11) is -2.54. The Balaban J connectivity index is 2.13. The second-order valence-corrected chi connectivity index (χ2v) is 8.04. The number of benzene rings is 2. The average molecular weight is 409 g/mol. The van der Waals surface area contributed by atoms with Gasteiger partial charge in [-0.2, -0.15) is 4.31 Å². The number of hydrogen-bond acceptors (Lipinski definition) is 4. The summed E-state index contributed by atoms with van der Waals surface area (Å²) >= 11 is 17.6. The van der Waals surface area contributed by atoms with E-state index in [1.54, 1.807) is 18.2 Å². The Hall–Kier alpha value is -1.31. The van der Waals surface area contributed by atoms with Gasteiger partial charge in [0.2, 0.25) is 10.0 Å². The second kappa shape index (κ2) is 7.72. The molecule has 0 amide bonds. The molecule has 0 saturated heterocycles. The number of carbonyl (C=O) groups excluding carboxylic acids is 1. The van der Waals surface area contributed by atoms with Crippen LogP contribution in [-0.2, 0) is 14.8 Å². The third-order valence-electron chi connectivity index (χ3n) is 2.98. The molecule has 0 bridgehead atoms. The first-order valence-corrected chi connectivity index (χ1v) is 9.16. The molecule has 0 heterocycles. The van der Waals surface area contributed by atoms with Crippen molar-refractivity contribution in [1.82, 2.24) is 4.31 Å². The van der Waals surface area contributed by atoms with E-state index in [2.05, 4.69) is 0 Å².